The molecule has 204 valence electrons. The fraction of sp³-hybridized carbons (Fsp3) is 0.310. The second-order valence-electron chi connectivity index (χ2n) is 10.7. The van der Waals surface area contributed by atoms with Crippen molar-refractivity contribution in [3.63, 3.8) is 0 Å². The summed E-state index contributed by atoms with van der Waals surface area (Å²) in [5.41, 5.74) is 2.73. The molecule has 0 aliphatic carbocycles. The number of rotatable bonds is 6. The summed E-state index contributed by atoms with van der Waals surface area (Å²) in [6.07, 6.45) is 2.65. The van der Waals surface area contributed by atoms with Crippen molar-refractivity contribution in [1.82, 2.24) is 24.8 Å². The molecule has 2 bridgehead atoms. The van der Waals surface area contributed by atoms with Gasteiger partial charge in [0.2, 0.25) is 0 Å². The van der Waals surface area contributed by atoms with Crippen molar-refractivity contribution < 1.29 is 14.7 Å². The number of carbonyl (C=O) groups is 2. The molecule has 10 nitrogen and oxygen atoms in total. The Hall–Kier alpha value is -3.99. The molecule has 2 amide bonds. The minimum Gasteiger partial charge on any atom is -0.387 e. The Balaban J connectivity index is 1.18. The molecule has 0 radical (unpaired) electrons. The second kappa shape index (κ2) is 9.58. The smallest absolute Gasteiger partial charge is 0.261 e. The first-order valence-electron chi connectivity index (χ1n) is 13.4. The maximum Gasteiger partial charge on any atom is 0.261 e. The zero-order chi connectivity index (χ0) is 27.5. The van der Waals surface area contributed by atoms with Gasteiger partial charge < -0.3 is 25.3 Å². The summed E-state index contributed by atoms with van der Waals surface area (Å²) >= 11 is 6.05. The van der Waals surface area contributed by atoms with Crippen LogP contribution in [-0.4, -0.2) is 73.9 Å². The van der Waals surface area contributed by atoms with Crippen molar-refractivity contribution in [2.45, 2.75) is 25.0 Å². The Morgan fingerprint density at radius 2 is 1.85 bits per heavy atom. The van der Waals surface area contributed by atoms with Crippen molar-refractivity contribution in [3.05, 3.63) is 80.7 Å². The molecule has 4 N–H and O–H groups in total. The molecule has 6 heterocycles. The minimum atomic E-state index is -0.861. The Kier molecular flexibility index (Phi) is 5.99. The van der Waals surface area contributed by atoms with E-state index in [9.17, 15) is 19.5 Å². The number of hydrogen-bond donors (Lipinski definition) is 4. The number of nitrogens with one attached hydrogen (secondary N) is 3. The summed E-state index contributed by atoms with van der Waals surface area (Å²) in [7, 11) is 0. The van der Waals surface area contributed by atoms with E-state index in [4.69, 9.17) is 11.6 Å². The topological polar surface area (TPSA) is 134 Å². The van der Waals surface area contributed by atoms with Gasteiger partial charge in [-0.25, -0.2) is 4.98 Å². The van der Waals surface area contributed by atoms with Gasteiger partial charge in [-0.15, -0.1) is 0 Å². The second-order valence-corrected chi connectivity index (χ2v) is 11.2. The highest BCUT2D eigenvalue weighted by Gasteiger charge is 2.46. The molecular weight excluding hydrogens is 532 g/mol. The Morgan fingerprint density at radius 1 is 1.07 bits per heavy atom. The molecule has 2 atom stereocenters. The zero-order valence-electron chi connectivity index (χ0n) is 21.5. The lowest BCUT2D eigenvalue weighted by atomic mass is 9.83. The standard InChI is InChI=1S/C29H27ClN6O4/c30-17-3-1-2-16(10-17)24(37)13-32-20-4-7-31-27(38)25(20)26-33-21-11-18-19(12-22(21)34-26)29(40)36(28(18)39)23-14-35-8-5-15(23)6-9-35/h1-4,7,10-12,15,23-24,37H,5-6,8-9,13-14H2,(H,33,34)(H2,31,32,38)/t23-,24?/m0/s1. The average molecular weight is 559 g/mol. The van der Waals surface area contributed by atoms with Crippen LogP contribution in [0.4, 0.5) is 5.69 Å². The number of aliphatic hydroxyl groups excluding tert-OH is 1. The quantitative estimate of drug-likeness (QED) is 0.266. The summed E-state index contributed by atoms with van der Waals surface area (Å²) < 4.78 is 0. The molecule has 0 spiro atoms. The summed E-state index contributed by atoms with van der Waals surface area (Å²) in [6.45, 7) is 2.91. The average Bonchev–Trinajstić information content (AvgIpc) is 3.48. The van der Waals surface area contributed by atoms with E-state index in [1.54, 1.807) is 42.5 Å². The molecule has 2 aromatic heterocycles. The molecule has 2 aromatic carbocycles. The number of imide groups is 1. The van der Waals surface area contributed by atoms with Crippen LogP contribution < -0.4 is 10.9 Å². The van der Waals surface area contributed by atoms with Crippen LogP contribution >= 0.6 is 11.6 Å². The molecule has 3 saturated heterocycles. The molecular formula is C29H27ClN6O4. The summed E-state index contributed by atoms with van der Waals surface area (Å²) in [5.74, 6) is 0.0798. The number of aromatic amines is 2. The third-order valence-corrected chi connectivity index (χ3v) is 8.62. The van der Waals surface area contributed by atoms with Gasteiger partial charge in [-0.05, 0) is 67.7 Å². The first kappa shape index (κ1) is 25.0. The fourth-order valence-corrected chi connectivity index (χ4v) is 6.51. The highest BCUT2D eigenvalue weighted by atomic mass is 35.5. The largest absolute Gasteiger partial charge is 0.387 e. The van der Waals surface area contributed by atoms with Crippen LogP contribution in [0, 0.1) is 5.92 Å². The van der Waals surface area contributed by atoms with Crippen LogP contribution in [0.25, 0.3) is 22.4 Å². The van der Waals surface area contributed by atoms with E-state index in [0.29, 0.717) is 44.4 Å². The molecule has 40 heavy (non-hydrogen) atoms. The maximum absolute atomic E-state index is 13.5. The lowest BCUT2D eigenvalue weighted by Gasteiger charge is -2.47. The van der Waals surface area contributed by atoms with Gasteiger partial charge in [0.15, 0.2) is 0 Å². The van der Waals surface area contributed by atoms with Gasteiger partial charge in [0.25, 0.3) is 17.4 Å². The third-order valence-electron chi connectivity index (χ3n) is 8.39. The summed E-state index contributed by atoms with van der Waals surface area (Å²) in [6, 6.07) is 11.8. The number of amides is 2. The minimum absolute atomic E-state index is 0.101. The number of pyridine rings is 1. The van der Waals surface area contributed by atoms with Crippen molar-refractivity contribution in [3.8, 4) is 11.4 Å². The van der Waals surface area contributed by atoms with Crippen LogP contribution in [0.3, 0.4) is 0 Å². The highest BCUT2D eigenvalue weighted by molar-refractivity contribution is 6.30. The number of anilines is 1. The number of imidazole rings is 1. The number of piperidine rings is 3. The molecule has 1 unspecified atom stereocenters. The molecule has 3 fully saturated rings. The predicted molar refractivity (Wildman–Crippen MR) is 151 cm³/mol. The van der Waals surface area contributed by atoms with E-state index in [2.05, 4.69) is 25.2 Å². The molecule has 4 aromatic rings. The van der Waals surface area contributed by atoms with Gasteiger partial charge in [0.1, 0.15) is 11.4 Å². The number of nitrogens with zero attached hydrogens (tertiary/aromatic N) is 3. The van der Waals surface area contributed by atoms with Crippen LogP contribution in [-0.2, 0) is 0 Å². The predicted octanol–water partition coefficient (Wildman–Crippen LogP) is 3.41. The van der Waals surface area contributed by atoms with Crippen LogP contribution in [0.1, 0.15) is 45.2 Å². The monoisotopic (exact) mass is 558 g/mol. The van der Waals surface area contributed by atoms with Crippen LogP contribution in [0.2, 0.25) is 5.02 Å². The molecule has 4 aliphatic rings. The highest BCUT2D eigenvalue weighted by Crippen LogP contribution is 2.37. The van der Waals surface area contributed by atoms with Gasteiger partial charge in [-0.1, -0.05) is 23.7 Å². The lowest BCUT2D eigenvalue weighted by molar-refractivity contribution is 0.0120. The fourth-order valence-electron chi connectivity index (χ4n) is 6.31. The number of fused-ring (bicyclic) bond motifs is 5. The lowest BCUT2D eigenvalue weighted by Crippen LogP contribution is -2.58. The van der Waals surface area contributed by atoms with Gasteiger partial charge in [0.05, 0.1) is 40.0 Å². The third kappa shape index (κ3) is 4.11. The molecule has 11 heteroatoms. The molecule has 8 rings (SSSR count). The van der Waals surface area contributed by atoms with Gasteiger partial charge in [-0.2, -0.15) is 0 Å². The number of hydrogen-bond acceptors (Lipinski definition) is 7. The van der Waals surface area contributed by atoms with Gasteiger partial charge >= 0.3 is 0 Å². The molecule has 4 aliphatic heterocycles. The number of benzene rings is 2. The van der Waals surface area contributed by atoms with Gasteiger partial charge in [0, 0.05) is 24.3 Å². The van der Waals surface area contributed by atoms with E-state index >= 15 is 0 Å². The number of aliphatic hydroxyl groups is 1. The number of carbonyl (C=O) groups excluding carboxylic acids is 2. The first-order valence-corrected chi connectivity index (χ1v) is 13.8. The van der Waals surface area contributed by atoms with E-state index in [0.717, 1.165) is 32.5 Å². The van der Waals surface area contributed by atoms with E-state index in [1.807, 2.05) is 0 Å². The van der Waals surface area contributed by atoms with E-state index in [1.165, 1.54) is 11.1 Å². The number of aromatic nitrogens is 3. The normalized spacial score (nSPS) is 22.6. The van der Waals surface area contributed by atoms with Gasteiger partial charge in [-0.3, -0.25) is 19.3 Å². The number of H-pyrrole nitrogens is 2. The summed E-state index contributed by atoms with van der Waals surface area (Å²) in [5, 5.41) is 14.3. The molecule has 0 saturated carbocycles. The summed E-state index contributed by atoms with van der Waals surface area (Å²) in [4.78, 5) is 54.1. The van der Waals surface area contributed by atoms with Crippen molar-refractivity contribution in [2.75, 3.05) is 31.5 Å². The Morgan fingerprint density at radius 3 is 2.58 bits per heavy atom. The Labute approximate surface area is 234 Å². The first-order chi connectivity index (χ1) is 19.4. The number of halogens is 1. The van der Waals surface area contributed by atoms with Crippen molar-refractivity contribution in [2.24, 2.45) is 5.92 Å². The van der Waals surface area contributed by atoms with Crippen LogP contribution in [0.15, 0.2) is 53.5 Å². The van der Waals surface area contributed by atoms with E-state index in [-0.39, 0.29) is 41.3 Å². The zero-order valence-corrected chi connectivity index (χ0v) is 22.2. The van der Waals surface area contributed by atoms with Crippen molar-refractivity contribution >= 4 is 40.1 Å². The van der Waals surface area contributed by atoms with Crippen molar-refractivity contribution in [1.29, 1.82) is 0 Å². The van der Waals surface area contributed by atoms with Crippen LogP contribution in [0.5, 0.6) is 0 Å². The Bertz CT molecular complexity index is 1670. The maximum atomic E-state index is 13.5. The van der Waals surface area contributed by atoms with E-state index < -0.39 is 6.10 Å². The SMILES string of the molecule is O=C1c2cc3nc(-c4c(NCC(O)c5cccc(Cl)c5)cc[nH]c4=O)[nH]c3cc2C(=O)N1[C@H]1CN2CCC1CC2.